The van der Waals surface area contributed by atoms with Crippen molar-refractivity contribution in [2.45, 2.75) is 17.3 Å². The van der Waals surface area contributed by atoms with Crippen LogP contribution in [0.25, 0.3) is 0 Å². The molecular weight excluding hydrogens is 565 g/mol. The summed E-state index contributed by atoms with van der Waals surface area (Å²) in [4.78, 5) is 36.0. The van der Waals surface area contributed by atoms with Crippen molar-refractivity contribution in [3.8, 4) is 0 Å². The van der Waals surface area contributed by atoms with E-state index >= 15 is 0 Å². The predicted octanol–water partition coefficient (Wildman–Crippen LogP) is 1.91. The molecule has 0 aliphatic carbocycles. The van der Waals surface area contributed by atoms with E-state index in [1.54, 1.807) is 5.71 Å². The molecule has 174 valence electrons. The van der Waals surface area contributed by atoms with E-state index in [9.17, 15) is 33.4 Å². The van der Waals surface area contributed by atoms with Crippen LogP contribution in [0.15, 0.2) is 12.1 Å². The molecule has 0 saturated heterocycles. The summed E-state index contributed by atoms with van der Waals surface area (Å²) in [6.07, 6.45) is 1.24. The first-order valence-electron chi connectivity index (χ1n) is 8.91. The van der Waals surface area contributed by atoms with Gasteiger partial charge in [-0.1, -0.05) is 0 Å². The Morgan fingerprint density at radius 3 is 2.39 bits per heavy atom. The van der Waals surface area contributed by atoms with Crippen LogP contribution in [0.5, 0.6) is 0 Å². The van der Waals surface area contributed by atoms with Gasteiger partial charge >= 0.3 is 193 Å². The van der Waals surface area contributed by atoms with Gasteiger partial charge in [-0.15, -0.1) is 0 Å². The van der Waals surface area contributed by atoms with Crippen molar-refractivity contribution < 1.29 is 32.3 Å². The molecule has 0 amide bonds. The van der Waals surface area contributed by atoms with Crippen LogP contribution in [-0.4, -0.2) is 80.5 Å². The number of hydrogen-bond donors (Lipinski definition) is 1. The molecule has 0 fully saturated rings. The number of non-ortho nitro benzene ring substituents is 1. The molecule has 1 rings (SSSR count). The molecule has 1 unspecified atom stereocenters. The molecule has 0 radical (unpaired) electrons. The number of nitro groups is 2. The van der Waals surface area contributed by atoms with Crippen LogP contribution in [0.3, 0.4) is 0 Å². The maximum atomic E-state index is 13.1. The fourth-order valence-electron chi connectivity index (χ4n) is 2.70. The molecule has 1 N–H and O–H groups in total. The van der Waals surface area contributed by atoms with Gasteiger partial charge in [0, 0.05) is 0 Å². The summed E-state index contributed by atoms with van der Waals surface area (Å²) >= 11 is 0.946. The van der Waals surface area contributed by atoms with Gasteiger partial charge in [0.1, 0.15) is 0 Å². The number of benzene rings is 1. The minimum atomic E-state index is -3.76. The number of alkyl halides is 1. The Morgan fingerprint density at radius 2 is 1.90 bits per heavy atom. The first-order valence-corrected chi connectivity index (χ1v) is 16.0. The van der Waals surface area contributed by atoms with Crippen LogP contribution in [0.1, 0.15) is 16.8 Å². The van der Waals surface area contributed by atoms with E-state index in [0.29, 0.717) is 17.0 Å². The fourth-order valence-corrected chi connectivity index (χ4v) is 6.44. The molecule has 1 aromatic carbocycles. The zero-order chi connectivity index (χ0) is 23.8. The van der Waals surface area contributed by atoms with Gasteiger partial charge in [0.25, 0.3) is 0 Å². The van der Waals surface area contributed by atoms with E-state index in [4.69, 9.17) is 9.29 Å². The Labute approximate surface area is 192 Å². The number of carbonyl (C=O) groups excluding carboxylic acids is 1. The van der Waals surface area contributed by atoms with Gasteiger partial charge in [-0.05, 0) is 0 Å². The third-order valence-electron chi connectivity index (χ3n) is 4.04. The maximum absolute atomic E-state index is 13.1. The number of aliphatic hydroxyl groups is 1. The van der Waals surface area contributed by atoms with E-state index < -0.39 is 50.6 Å². The Kier molecular flexibility index (Phi) is 11.0. The molecule has 0 heterocycles. The predicted molar refractivity (Wildman–Crippen MR) is 119 cm³/mol. The molecule has 0 aliphatic heterocycles. The monoisotopic (exact) mass is 587 g/mol. The van der Waals surface area contributed by atoms with Crippen LogP contribution >= 0.6 is 15.9 Å². The molecule has 1 aromatic rings. The standard InChI is InChI=1S/C16H23AsBrN3O9S/c1-17(4-3-8-22)16(23)13-10-12(20(24)25)11-14(21(26)27)15(13)19(6-5-18)7-9-30-31(2,28)29/h10-11,22H,3-9H2,1-2H3. The minimum absolute atomic E-state index is 0.106. The Morgan fingerprint density at radius 1 is 1.26 bits per heavy atom. The van der Waals surface area contributed by atoms with Gasteiger partial charge in [-0.25, -0.2) is 0 Å². The SMILES string of the molecule is C[As](CCCO)C(=O)c1cc([N+](=O)[O-])cc([N+](=O)[O-])c1N(CCBr)CCOS(C)(=O)=O. The zero-order valence-corrected chi connectivity index (χ0v) is 21.2. The molecule has 15 heteroatoms. The van der Waals surface area contributed by atoms with Crippen LogP contribution < -0.4 is 4.90 Å². The second kappa shape index (κ2) is 12.4. The summed E-state index contributed by atoms with van der Waals surface area (Å²) in [6, 6.07) is 1.80. The van der Waals surface area contributed by atoms with Crippen LogP contribution in [0.2, 0.25) is 10.9 Å². The van der Waals surface area contributed by atoms with Crippen molar-refractivity contribution in [2.75, 3.05) is 42.8 Å². The summed E-state index contributed by atoms with van der Waals surface area (Å²) in [7, 11) is -3.76. The summed E-state index contributed by atoms with van der Waals surface area (Å²) in [5.74, 6) is 0. The van der Waals surface area contributed by atoms with E-state index in [-0.39, 0.29) is 37.6 Å². The Balaban J connectivity index is 3.61. The molecule has 0 aliphatic rings. The number of aliphatic hydroxyl groups excluding tert-OH is 1. The number of rotatable bonds is 14. The van der Waals surface area contributed by atoms with Crippen molar-refractivity contribution in [1.82, 2.24) is 0 Å². The quantitative estimate of drug-likeness (QED) is 0.111. The summed E-state index contributed by atoms with van der Waals surface area (Å²) in [5, 5.41) is 32.8. The second-order valence-electron chi connectivity index (χ2n) is 6.38. The first kappa shape index (κ1) is 27.4. The average molecular weight is 588 g/mol. The number of nitrogens with zero attached hydrogens (tertiary/aromatic N) is 3. The average Bonchev–Trinajstić information content (AvgIpc) is 2.68. The number of hydrogen-bond acceptors (Lipinski definition) is 10. The molecule has 31 heavy (non-hydrogen) atoms. The van der Waals surface area contributed by atoms with E-state index in [1.807, 2.05) is 0 Å². The summed E-state index contributed by atoms with van der Waals surface area (Å²) in [6.45, 7) is -0.400. The third kappa shape index (κ3) is 8.45. The number of anilines is 1. The molecule has 0 bridgehead atoms. The van der Waals surface area contributed by atoms with Gasteiger partial charge in [-0.3, -0.25) is 0 Å². The molecule has 0 saturated carbocycles. The third-order valence-corrected chi connectivity index (χ3v) is 9.02. The van der Waals surface area contributed by atoms with Gasteiger partial charge < -0.3 is 0 Å². The summed E-state index contributed by atoms with van der Waals surface area (Å²) < 4.78 is 26.8. The number of nitro benzene ring substituents is 2. The first-order chi connectivity index (χ1) is 14.4. The second-order valence-corrected chi connectivity index (χ2v) is 13.5. The van der Waals surface area contributed by atoms with Crippen LogP contribution in [0, 0.1) is 20.2 Å². The number of halogens is 1. The van der Waals surface area contributed by atoms with Gasteiger partial charge in [0.2, 0.25) is 0 Å². The molecule has 0 spiro atoms. The molecular formula is C16H23AsBrN3O9S. The van der Waals surface area contributed by atoms with Crippen LogP contribution in [0.4, 0.5) is 17.1 Å². The van der Waals surface area contributed by atoms with Crippen molar-refractivity contribution >= 4 is 62.3 Å². The molecule has 1 atom stereocenters. The van der Waals surface area contributed by atoms with Gasteiger partial charge in [0.15, 0.2) is 0 Å². The van der Waals surface area contributed by atoms with Crippen molar-refractivity contribution in [3.63, 3.8) is 0 Å². The molecule has 0 aromatic heterocycles. The zero-order valence-electron chi connectivity index (χ0n) is 16.9. The normalized spacial score (nSPS) is 12.4. The van der Waals surface area contributed by atoms with Gasteiger partial charge in [0.05, 0.1) is 0 Å². The molecule has 12 nitrogen and oxygen atoms in total. The van der Waals surface area contributed by atoms with Crippen molar-refractivity contribution in [2.24, 2.45) is 0 Å². The summed E-state index contributed by atoms with van der Waals surface area (Å²) in [5.41, 5.74) is 0.238. The van der Waals surface area contributed by atoms with Crippen molar-refractivity contribution in [1.29, 1.82) is 0 Å². The van der Waals surface area contributed by atoms with Gasteiger partial charge in [-0.2, -0.15) is 0 Å². The van der Waals surface area contributed by atoms with E-state index in [0.717, 1.165) is 18.4 Å². The Hall–Kier alpha value is -1.60. The fraction of sp³-hybridized carbons (Fsp3) is 0.562. The van der Waals surface area contributed by atoms with Crippen molar-refractivity contribution in [3.05, 3.63) is 37.9 Å². The van der Waals surface area contributed by atoms with Crippen LogP contribution in [-0.2, 0) is 14.3 Å². The van der Waals surface area contributed by atoms with E-state index in [2.05, 4.69) is 15.9 Å². The Bertz CT molecular complexity index is 929. The topological polar surface area (TPSA) is 170 Å². The van der Waals surface area contributed by atoms with E-state index in [1.165, 1.54) is 4.90 Å². The number of carbonyl (C=O) groups is 1.